The number of nitrogens with one attached hydrogen (secondary N) is 1. The number of ether oxygens (including phenoxy) is 1. The molecule has 34 heavy (non-hydrogen) atoms. The Morgan fingerprint density at radius 3 is 2.44 bits per heavy atom. The van der Waals surface area contributed by atoms with E-state index >= 15 is 0 Å². The molecular formula is C24H40ClFN4O3S. The third kappa shape index (κ3) is 7.45. The Hall–Kier alpha value is -2.10. The summed E-state index contributed by atoms with van der Waals surface area (Å²) < 4.78 is 25.5. The highest BCUT2D eigenvalue weighted by molar-refractivity contribution is 8.29. The van der Waals surface area contributed by atoms with Crippen LogP contribution >= 0.6 is 21.9 Å². The first-order valence-electron chi connectivity index (χ1n) is 11.1. The second-order valence-corrected chi connectivity index (χ2v) is 13.6. The molecule has 1 unspecified atom stereocenters. The standard InChI is InChI=1S/C22H34ClFN4O3S.C2H6/c1-21(2,3)32(4,5)31-13-22(8-9-30-20(22)29)12-28-19(27)18(26)11-17(25)15-10-14(23)6-7-16(15)24;1-2/h6-7,10-11,28H,8-9,12-13,25-27H2,1-5H3;1-2H3/b17-11-,19-18-;. The van der Waals surface area contributed by atoms with Gasteiger partial charge >= 0.3 is 5.97 Å². The van der Waals surface area contributed by atoms with Crippen molar-refractivity contribution in [3.8, 4) is 0 Å². The number of cyclic esters (lactones) is 1. The summed E-state index contributed by atoms with van der Waals surface area (Å²) >= 11 is 5.92. The van der Waals surface area contributed by atoms with Gasteiger partial charge in [0.2, 0.25) is 0 Å². The maximum Gasteiger partial charge on any atom is 0.316 e. The fourth-order valence-corrected chi connectivity index (χ4v) is 3.83. The van der Waals surface area contributed by atoms with E-state index in [9.17, 15) is 9.18 Å². The predicted octanol–water partition coefficient (Wildman–Crippen LogP) is 4.21. The van der Waals surface area contributed by atoms with E-state index in [2.05, 4.69) is 38.6 Å². The molecule has 10 heteroatoms. The Labute approximate surface area is 209 Å². The van der Waals surface area contributed by atoms with Crippen molar-refractivity contribution in [2.75, 3.05) is 32.3 Å². The lowest BCUT2D eigenvalue weighted by Gasteiger charge is -2.45. The number of nitrogens with two attached hydrogens (primary N) is 3. The Balaban J connectivity index is 0.00000281. The van der Waals surface area contributed by atoms with Gasteiger partial charge in [0.05, 0.1) is 18.9 Å². The molecule has 7 nitrogen and oxygen atoms in total. The van der Waals surface area contributed by atoms with Gasteiger partial charge in [-0.3, -0.25) is 4.79 Å². The molecule has 1 aliphatic rings. The van der Waals surface area contributed by atoms with Crippen LogP contribution in [-0.2, 0) is 13.7 Å². The first-order valence-corrected chi connectivity index (χ1v) is 13.9. The van der Waals surface area contributed by atoms with Crippen molar-refractivity contribution >= 4 is 33.6 Å². The lowest BCUT2D eigenvalue weighted by molar-refractivity contribution is -0.147. The summed E-state index contributed by atoms with van der Waals surface area (Å²) in [6.07, 6.45) is 5.99. The minimum atomic E-state index is -1.43. The van der Waals surface area contributed by atoms with Gasteiger partial charge < -0.3 is 31.4 Å². The van der Waals surface area contributed by atoms with E-state index in [0.29, 0.717) is 18.1 Å². The largest absolute Gasteiger partial charge is 0.465 e. The molecular weight excluding hydrogens is 479 g/mol. The molecule has 0 amide bonds. The number of allylic oxidation sites excluding steroid dienone is 1. The van der Waals surface area contributed by atoms with Crippen LogP contribution in [0.1, 0.15) is 46.6 Å². The van der Waals surface area contributed by atoms with Gasteiger partial charge in [0.25, 0.3) is 0 Å². The topological polar surface area (TPSA) is 126 Å². The van der Waals surface area contributed by atoms with Crippen LogP contribution < -0.4 is 22.5 Å². The summed E-state index contributed by atoms with van der Waals surface area (Å²) in [5, 5.41) is 3.34. The molecule has 194 valence electrons. The van der Waals surface area contributed by atoms with Crippen LogP contribution in [-0.4, -0.2) is 43.0 Å². The van der Waals surface area contributed by atoms with E-state index in [0.717, 1.165) is 0 Å². The molecule has 2 rings (SSSR count). The lowest BCUT2D eigenvalue weighted by atomic mass is 9.87. The quantitative estimate of drug-likeness (QED) is 0.300. The zero-order valence-corrected chi connectivity index (χ0v) is 22.8. The number of halogens is 2. The SMILES string of the molecule is CC.CC(C)(C)S(C)(C)OCC1(CN/C(N)=C(N)/C=C(\N)c2cc(Cl)ccc2F)CCOC1=O. The van der Waals surface area contributed by atoms with E-state index < -0.39 is 21.5 Å². The molecule has 1 aliphatic heterocycles. The second-order valence-electron chi connectivity index (χ2n) is 9.22. The van der Waals surface area contributed by atoms with Crippen LogP contribution in [0.25, 0.3) is 5.70 Å². The Morgan fingerprint density at radius 2 is 1.91 bits per heavy atom. The maximum absolute atomic E-state index is 14.0. The van der Waals surface area contributed by atoms with Crippen LogP contribution in [0, 0.1) is 11.2 Å². The van der Waals surface area contributed by atoms with E-state index in [1.54, 1.807) is 0 Å². The minimum Gasteiger partial charge on any atom is -0.465 e. The summed E-state index contributed by atoms with van der Waals surface area (Å²) in [7, 11) is -1.43. The van der Waals surface area contributed by atoms with Gasteiger partial charge in [-0.05, 0) is 36.8 Å². The first-order chi connectivity index (χ1) is 15.7. The van der Waals surface area contributed by atoms with Gasteiger partial charge in [-0.25, -0.2) is 4.39 Å². The molecule has 0 aromatic heterocycles. The van der Waals surface area contributed by atoms with Gasteiger partial charge in [0.1, 0.15) is 17.1 Å². The summed E-state index contributed by atoms with van der Waals surface area (Å²) in [5.41, 5.74) is 17.5. The predicted molar refractivity (Wildman–Crippen MR) is 141 cm³/mol. The van der Waals surface area contributed by atoms with Crippen molar-refractivity contribution in [2.24, 2.45) is 22.6 Å². The number of rotatable bonds is 8. The number of hydrogen-bond acceptors (Lipinski definition) is 7. The zero-order chi connectivity index (χ0) is 26.3. The van der Waals surface area contributed by atoms with Crippen molar-refractivity contribution in [1.82, 2.24) is 5.32 Å². The highest BCUT2D eigenvalue weighted by atomic mass is 35.5. The van der Waals surface area contributed by atoms with E-state index in [4.69, 9.17) is 37.7 Å². The molecule has 1 aromatic rings. The van der Waals surface area contributed by atoms with Gasteiger partial charge in [-0.2, -0.15) is 0 Å². The van der Waals surface area contributed by atoms with E-state index in [1.165, 1.54) is 24.3 Å². The Kier molecular flexibility index (Phi) is 10.6. The van der Waals surface area contributed by atoms with Crippen LogP contribution in [0.3, 0.4) is 0 Å². The molecule has 0 aliphatic carbocycles. The van der Waals surface area contributed by atoms with Crippen molar-refractivity contribution < 1.29 is 18.1 Å². The van der Waals surface area contributed by atoms with E-state index in [1.807, 2.05) is 13.8 Å². The average molecular weight is 519 g/mol. The third-order valence-electron chi connectivity index (χ3n) is 5.83. The molecule has 1 saturated heterocycles. The minimum absolute atomic E-state index is 0.0502. The smallest absolute Gasteiger partial charge is 0.316 e. The van der Waals surface area contributed by atoms with Crippen molar-refractivity contribution in [3.63, 3.8) is 0 Å². The summed E-state index contributed by atoms with van der Waals surface area (Å²) in [6, 6.07) is 4.05. The van der Waals surface area contributed by atoms with E-state index in [-0.39, 0.29) is 46.6 Å². The molecule has 0 saturated carbocycles. The van der Waals surface area contributed by atoms with Crippen molar-refractivity contribution in [1.29, 1.82) is 0 Å². The fourth-order valence-electron chi connectivity index (χ4n) is 2.78. The maximum atomic E-state index is 14.0. The third-order valence-corrected chi connectivity index (χ3v) is 9.72. The number of carbonyl (C=O) groups is 1. The summed E-state index contributed by atoms with van der Waals surface area (Å²) in [6.45, 7) is 11.0. The average Bonchev–Trinajstić information content (AvgIpc) is 3.13. The highest BCUT2D eigenvalue weighted by Gasteiger charge is 2.46. The van der Waals surface area contributed by atoms with Crippen LogP contribution in [0.15, 0.2) is 35.8 Å². The van der Waals surface area contributed by atoms with Gasteiger partial charge in [-0.15, -0.1) is 10.3 Å². The monoisotopic (exact) mass is 518 g/mol. The number of esters is 1. The molecule has 1 heterocycles. The molecule has 0 radical (unpaired) electrons. The van der Waals surface area contributed by atoms with Gasteiger partial charge in [0, 0.05) is 34.0 Å². The lowest BCUT2D eigenvalue weighted by Crippen LogP contribution is -2.44. The second kappa shape index (κ2) is 12.0. The number of benzene rings is 1. The number of carbonyl (C=O) groups excluding carboxylic acids is 1. The molecule has 0 spiro atoms. The first kappa shape index (κ1) is 29.9. The zero-order valence-electron chi connectivity index (χ0n) is 21.3. The summed E-state index contributed by atoms with van der Waals surface area (Å²) in [5.74, 6) is -0.760. The van der Waals surface area contributed by atoms with Crippen molar-refractivity contribution in [3.05, 3.63) is 52.2 Å². The normalized spacial score (nSPS) is 20.1. The van der Waals surface area contributed by atoms with Crippen LogP contribution in [0.5, 0.6) is 0 Å². The molecule has 1 fully saturated rings. The van der Waals surface area contributed by atoms with Gasteiger partial charge in [-0.1, -0.05) is 46.2 Å². The Morgan fingerprint density at radius 1 is 1.29 bits per heavy atom. The molecule has 0 bridgehead atoms. The van der Waals surface area contributed by atoms with Crippen LogP contribution in [0.2, 0.25) is 5.02 Å². The Bertz CT molecular complexity index is 931. The van der Waals surface area contributed by atoms with Crippen LogP contribution in [0.4, 0.5) is 4.39 Å². The molecule has 1 aromatic carbocycles. The molecule has 7 N–H and O–H groups in total. The molecule has 1 atom stereocenters. The van der Waals surface area contributed by atoms with Crippen molar-refractivity contribution in [2.45, 2.75) is 45.8 Å². The summed E-state index contributed by atoms with van der Waals surface area (Å²) in [4.78, 5) is 12.6. The van der Waals surface area contributed by atoms with Gasteiger partial charge in [0.15, 0.2) is 0 Å². The highest BCUT2D eigenvalue weighted by Crippen LogP contribution is 2.54. The number of hydrogen-bond donors (Lipinski definition) is 4. The fraction of sp³-hybridized carbons (Fsp3) is 0.542.